The smallest absolute Gasteiger partial charge is 0.314 e. The number of likely N-dealkylation sites (tertiary alicyclic amines) is 1. The van der Waals surface area contributed by atoms with Crippen LogP contribution in [0, 0.1) is 6.92 Å². The van der Waals surface area contributed by atoms with Gasteiger partial charge < -0.3 is 14.6 Å². The molecule has 1 saturated heterocycles. The van der Waals surface area contributed by atoms with Gasteiger partial charge in [0, 0.05) is 13.1 Å². The van der Waals surface area contributed by atoms with E-state index in [1.54, 1.807) is 6.07 Å². The van der Waals surface area contributed by atoms with Gasteiger partial charge in [-0.05, 0) is 37.5 Å². The molecule has 1 aliphatic heterocycles. The van der Waals surface area contributed by atoms with Crippen LogP contribution in [0.1, 0.15) is 35.5 Å². The van der Waals surface area contributed by atoms with Crippen LogP contribution in [0.4, 0.5) is 0 Å². The second-order valence-corrected chi connectivity index (χ2v) is 6.56. The van der Waals surface area contributed by atoms with Crippen LogP contribution in [-0.4, -0.2) is 34.2 Å². The maximum absolute atomic E-state index is 12.0. The summed E-state index contributed by atoms with van der Waals surface area (Å²) in [5.74, 6) is 0.618. The molecule has 2 N–H and O–H groups in total. The maximum Gasteiger partial charge on any atom is 0.314 e. The monoisotopic (exact) mass is 329 g/mol. The number of aryl methyl sites for hydroxylation is 1. The molecule has 0 saturated carbocycles. The average molecular weight is 329 g/mol. The van der Waals surface area contributed by atoms with Gasteiger partial charge in [-0.15, -0.1) is 0 Å². The average Bonchev–Trinajstić information content (AvgIpc) is 3.03. The fourth-order valence-corrected chi connectivity index (χ4v) is 3.47. The van der Waals surface area contributed by atoms with E-state index in [9.17, 15) is 9.90 Å². The predicted molar refractivity (Wildman–Crippen MR) is 89.6 cm³/mol. The Morgan fingerprint density at radius 2 is 1.92 bits per heavy atom. The van der Waals surface area contributed by atoms with Crippen molar-refractivity contribution < 1.29 is 19.4 Å². The zero-order valence-corrected chi connectivity index (χ0v) is 13.9. The minimum atomic E-state index is -0.804. The van der Waals surface area contributed by atoms with E-state index < -0.39 is 11.4 Å². The first-order chi connectivity index (χ1) is 11.5. The lowest BCUT2D eigenvalue weighted by Crippen LogP contribution is -2.47. The summed E-state index contributed by atoms with van der Waals surface area (Å²) in [5, 5.41) is 18.9. The highest BCUT2D eigenvalue weighted by atomic mass is 16.4. The number of rotatable bonds is 5. The first-order valence-corrected chi connectivity index (χ1v) is 8.25. The number of hydrogen-bond donors (Lipinski definition) is 2. The highest BCUT2D eigenvalue weighted by Crippen LogP contribution is 2.36. The molecule has 24 heavy (non-hydrogen) atoms. The minimum absolute atomic E-state index is 0.102. The van der Waals surface area contributed by atoms with Crippen molar-refractivity contribution >= 4 is 5.97 Å². The lowest BCUT2D eigenvalue weighted by Gasteiger charge is -2.39. The molecule has 0 unspecified atom stereocenters. The standard InChI is InChI=1S/C19H23NO4/c1-14-3-2-4-15(11-14)19(18(22)23)7-9-20(10-8-19)12-16-5-6-17(13-21)24-16/h2-6,11,21H,7-10,12-13H2,1H3,(H,22,23). The molecule has 0 atom stereocenters. The summed E-state index contributed by atoms with van der Waals surface area (Å²) in [4.78, 5) is 14.2. The topological polar surface area (TPSA) is 73.9 Å². The second-order valence-electron chi connectivity index (χ2n) is 6.56. The zero-order valence-electron chi connectivity index (χ0n) is 13.9. The Kier molecular flexibility index (Phi) is 4.73. The zero-order chi connectivity index (χ0) is 17.2. The van der Waals surface area contributed by atoms with Crippen LogP contribution in [0.15, 0.2) is 40.8 Å². The number of aliphatic hydroxyl groups excluding tert-OH is 1. The third-order valence-electron chi connectivity index (χ3n) is 4.94. The SMILES string of the molecule is Cc1cccc(C2(C(=O)O)CCN(Cc3ccc(CO)o3)CC2)c1. The molecule has 0 amide bonds. The molecule has 2 aromatic rings. The van der Waals surface area contributed by atoms with Gasteiger partial charge in [-0.1, -0.05) is 29.8 Å². The van der Waals surface area contributed by atoms with Crippen molar-refractivity contribution in [3.05, 3.63) is 59.0 Å². The molecule has 0 spiro atoms. The highest BCUT2D eigenvalue weighted by Gasteiger charge is 2.43. The van der Waals surface area contributed by atoms with Crippen LogP contribution >= 0.6 is 0 Å². The van der Waals surface area contributed by atoms with Gasteiger partial charge >= 0.3 is 5.97 Å². The van der Waals surface area contributed by atoms with Crippen molar-refractivity contribution in [2.24, 2.45) is 0 Å². The number of hydrogen-bond acceptors (Lipinski definition) is 4. The van der Waals surface area contributed by atoms with Gasteiger partial charge in [0.1, 0.15) is 18.1 Å². The first-order valence-electron chi connectivity index (χ1n) is 8.25. The molecule has 0 radical (unpaired) electrons. The van der Waals surface area contributed by atoms with Gasteiger partial charge in [-0.3, -0.25) is 9.69 Å². The Bertz CT molecular complexity index is 714. The molecule has 0 bridgehead atoms. The van der Waals surface area contributed by atoms with E-state index >= 15 is 0 Å². The van der Waals surface area contributed by atoms with Crippen LogP contribution in [0.25, 0.3) is 0 Å². The number of furan rings is 1. The van der Waals surface area contributed by atoms with Gasteiger partial charge in [-0.2, -0.15) is 0 Å². The lowest BCUT2D eigenvalue weighted by atomic mass is 9.72. The molecule has 0 aliphatic carbocycles. The number of piperidine rings is 1. The first kappa shape index (κ1) is 16.7. The number of nitrogens with zero attached hydrogens (tertiary/aromatic N) is 1. The minimum Gasteiger partial charge on any atom is -0.481 e. The molecule has 1 fully saturated rings. The quantitative estimate of drug-likeness (QED) is 0.882. The molecule has 5 nitrogen and oxygen atoms in total. The maximum atomic E-state index is 12.0. The summed E-state index contributed by atoms with van der Waals surface area (Å²) in [7, 11) is 0. The molecule has 2 heterocycles. The molecule has 1 aromatic heterocycles. The molecular formula is C19H23NO4. The van der Waals surface area contributed by atoms with E-state index in [1.807, 2.05) is 37.3 Å². The van der Waals surface area contributed by atoms with Crippen LogP contribution < -0.4 is 0 Å². The number of carboxylic acids is 1. The Morgan fingerprint density at radius 3 is 2.50 bits per heavy atom. The van der Waals surface area contributed by atoms with E-state index in [1.165, 1.54) is 0 Å². The normalized spacial score (nSPS) is 17.8. The van der Waals surface area contributed by atoms with E-state index in [0.29, 0.717) is 38.2 Å². The van der Waals surface area contributed by atoms with E-state index in [-0.39, 0.29) is 6.61 Å². The largest absolute Gasteiger partial charge is 0.481 e. The van der Waals surface area contributed by atoms with Gasteiger partial charge in [-0.25, -0.2) is 0 Å². The summed E-state index contributed by atoms with van der Waals surface area (Å²) < 4.78 is 5.53. The Balaban J connectivity index is 1.72. The third-order valence-corrected chi connectivity index (χ3v) is 4.94. The number of aliphatic hydroxyl groups is 1. The molecule has 1 aliphatic rings. The summed E-state index contributed by atoms with van der Waals surface area (Å²) in [5.41, 5.74) is 1.18. The van der Waals surface area contributed by atoms with Gasteiger partial charge in [0.05, 0.1) is 12.0 Å². The number of aliphatic carboxylic acids is 1. The van der Waals surface area contributed by atoms with Crippen LogP contribution in [0.3, 0.4) is 0 Å². The molecular weight excluding hydrogens is 306 g/mol. The van der Waals surface area contributed by atoms with Crippen LogP contribution in [0.5, 0.6) is 0 Å². The third kappa shape index (κ3) is 3.23. The van der Waals surface area contributed by atoms with Gasteiger partial charge in [0.15, 0.2) is 0 Å². The van der Waals surface area contributed by atoms with Crippen molar-refractivity contribution in [3.63, 3.8) is 0 Å². The van der Waals surface area contributed by atoms with Crippen molar-refractivity contribution in [1.82, 2.24) is 4.90 Å². The number of benzene rings is 1. The van der Waals surface area contributed by atoms with Crippen molar-refractivity contribution in [2.75, 3.05) is 13.1 Å². The van der Waals surface area contributed by atoms with Crippen molar-refractivity contribution in [2.45, 2.75) is 38.3 Å². The second kappa shape index (κ2) is 6.79. The Hall–Kier alpha value is -2.11. The van der Waals surface area contributed by atoms with Gasteiger partial charge in [0.25, 0.3) is 0 Å². The van der Waals surface area contributed by atoms with Crippen molar-refractivity contribution in [3.8, 4) is 0 Å². The lowest BCUT2D eigenvalue weighted by molar-refractivity contribution is -0.146. The number of carbonyl (C=O) groups is 1. The van der Waals surface area contributed by atoms with Crippen LogP contribution in [0.2, 0.25) is 0 Å². The highest BCUT2D eigenvalue weighted by molar-refractivity contribution is 5.81. The molecule has 128 valence electrons. The van der Waals surface area contributed by atoms with Gasteiger partial charge in [0.2, 0.25) is 0 Å². The van der Waals surface area contributed by atoms with Crippen LogP contribution in [-0.2, 0) is 23.4 Å². The molecule has 1 aromatic carbocycles. The van der Waals surface area contributed by atoms with E-state index in [4.69, 9.17) is 9.52 Å². The molecule has 3 rings (SSSR count). The predicted octanol–water partition coefficient (Wildman–Crippen LogP) is 2.70. The molecule has 5 heteroatoms. The van der Waals surface area contributed by atoms with E-state index in [2.05, 4.69) is 4.90 Å². The summed E-state index contributed by atoms with van der Waals surface area (Å²) in [6.45, 7) is 3.94. The summed E-state index contributed by atoms with van der Waals surface area (Å²) in [6.07, 6.45) is 1.17. The van der Waals surface area contributed by atoms with Crippen molar-refractivity contribution in [1.29, 1.82) is 0 Å². The summed E-state index contributed by atoms with van der Waals surface area (Å²) >= 11 is 0. The Labute approximate surface area is 141 Å². The fourth-order valence-electron chi connectivity index (χ4n) is 3.47. The Morgan fingerprint density at radius 1 is 1.21 bits per heavy atom. The number of carboxylic acid groups (broad SMARTS) is 1. The summed E-state index contributed by atoms with van der Waals surface area (Å²) in [6, 6.07) is 11.5. The fraction of sp³-hybridized carbons (Fsp3) is 0.421. The van der Waals surface area contributed by atoms with E-state index in [0.717, 1.165) is 16.9 Å².